The molecule has 0 aliphatic heterocycles. The standard InChI is InChI=1S/C17H24N4/c1-5-18-10-16-11-19-17(20-14(16)3)21(4)12-15-8-6-7-13(2)9-15/h6-9,11,18H,5,10,12H2,1-4H3. The van der Waals surface area contributed by atoms with E-state index < -0.39 is 0 Å². The van der Waals surface area contributed by atoms with Gasteiger partial charge in [0.25, 0.3) is 0 Å². The van der Waals surface area contributed by atoms with E-state index in [4.69, 9.17) is 0 Å². The number of rotatable bonds is 6. The highest BCUT2D eigenvalue weighted by Crippen LogP contribution is 2.13. The summed E-state index contributed by atoms with van der Waals surface area (Å²) >= 11 is 0. The van der Waals surface area contributed by atoms with E-state index in [0.717, 1.165) is 36.8 Å². The quantitative estimate of drug-likeness (QED) is 0.885. The monoisotopic (exact) mass is 284 g/mol. The van der Waals surface area contributed by atoms with Crippen molar-refractivity contribution in [2.75, 3.05) is 18.5 Å². The maximum atomic E-state index is 4.62. The Kier molecular flexibility index (Phi) is 5.28. The molecule has 0 aliphatic rings. The molecule has 0 saturated carbocycles. The van der Waals surface area contributed by atoms with Gasteiger partial charge in [-0.05, 0) is 26.0 Å². The molecule has 2 aromatic rings. The van der Waals surface area contributed by atoms with Crippen LogP contribution in [-0.2, 0) is 13.1 Å². The molecule has 1 aromatic carbocycles. The lowest BCUT2D eigenvalue weighted by molar-refractivity contribution is 0.713. The van der Waals surface area contributed by atoms with Crippen molar-refractivity contribution in [1.82, 2.24) is 15.3 Å². The molecule has 21 heavy (non-hydrogen) atoms. The van der Waals surface area contributed by atoms with Crippen molar-refractivity contribution in [3.8, 4) is 0 Å². The number of hydrogen-bond acceptors (Lipinski definition) is 4. The lowest BCUT2D eigenvalue weighted by atomic mass is 10.1. The van der Waals surface area contributed by atoms with E-state index in [-0.39, 0.29) is 0 Å². The van der Waals surface area contributed by atoms with Gasteiger partial charge in [-0.25, -0.2) is 9.97 Å². The summed E-state index contributed by atoms with van der Waals surface area (Å²) in [4.78, 5) is 11.2. The Morgan fingerprint density at radius 1 is 1.24 bits per heavy atom. The molecule has 4 nitrogen and oxygen atoms in total. The molecule has 0 aliphatic carbocycles. The van der Waals surface area contributed by atoms with Crippen LogP contribution in [-0.4, -0.2) is 23.6 Å². The molecule has 0 amide bonds. The van der Waals surface area contributed by atoms with Crippen molar-refractivity contribution in [1.29, 1.82) is 0 Å². The second kappa shape index (κ2) is 7.18. The Labute approximate surface area is 127 Å². The van der Waals surface area contributed by atoms with E-state index in [1.165, 1.54) is 11.1 Å². The van der Waals surface area contributed by atoms with Crippen molar-refractivity contribution in [3.05, 3.63) is 52.8 Å². The van der Waals surface area contributed by atoms with Crippen LogP contribution in [0.15, 0.2) is 30.5 Å². The van der Waals surface area contributed by atoms with Crippen LogP contribution < -0.4 is 10.2 Å². The number of aromatic nitrogens is 2. The van der Waals surface area contributed by atoms with Gasteiger partial charge in [0.1, 0.15) is 0 Å². The summed E-state index contributed by atoms with van der Waals surface area (Å²) in [6.45, 7) is 8.84. The van der Waals surface area contributed by atoms with Gasteiger partial charge < -0.3 is 10.2 Å². The van der Waals surface area contributed by atoms with Crippen molar-refractivity contribution < 1.29 is 0 Å². The van der Waals surface area contributed by atoms with Crippen LogP contribution in [0.2, 0.25) is 0 Å². The highest BCUT2D eigenvalue weighted by atomic mass is 15.2. The van der Waals surface area contributed by atoms with Gasteiger partial charge >= 0.3 is 0 Å². The highest BCUT2D eigenvalue weighted by Gasteiger charge is 2.08. The van der Waals surface area contributed by atoms with E-state index in [0.29, 0.717) is 0 Å². The fourth-order valence-corrected chi connectivity index (χ4v) is 2.25. The third-order valence-electron chi connectivity index (χ3n) is 3.48. The van der Waals surface area contributed by atoms with Crippen LogP contribution in [0, 0.1) is 13.8 Å². The van der Waals surface area contributed by atoms with Crippen LogP contribution in [0.1, 0.15) is 29.3 Å². The zero-order chi connectivity index (χ0) is 15.2. The van der Waals surface area contributed by atoms with Crippen LogP contribution in [0.4, 0.5) is 5.95 Å². The molecule has 4 heteroatoms. The molecule has 112 valence electrons. The van der Waals surface area contributed by atoms with Crippen molar-refractivity contribution >= 4 is 5.95 Å². The Morgan fingerprint density at radius 2 is 2.05 bits per heavy atom. The van der Waals surface area contributed by atoms with E-state index in [2.05, 4.69) is 58.3 Å². The molecular formula is C17H24N4. The molecule has 0 unspecified atom stereocenters. The second-order valence-corrected chi connectivity index (χ2v) is 5.41. The normalized spacial score (nSPS) is 10.7. The summed E-state index contributed by atoms with van der Waals surface area (Å²) in [6.07, 6.45) is 1.92. The molecule has 0 spiro atoms. The molecule has 0 bridgehead atoms. The average molecular weight is 284 g/mol. The zero-order valence-electron chi connectivity index (χ0n) is 13.3. The minimum Gasteiger partial charge on any atom is -0.340 e. The third-order valence-corrected chi connectivity index (χ3v) is 3.48. The van der Waals surface area contributed by atoms with Crippen molar-refractivity contribution in [2.45, 2.75) is 33.9 Å². The summed E-state index contributed by atoms with van der Waals surface area (Å²) in [5, 5.41) is 3.31. The lowest BCUT2D eigenvalue weighted by Crippen LogP contribution is -2.20. The summed E-state index contributed by atoms with van der Waals surface area (Å²) in [6, 6.07) is 8.53. The fraction of sp³-hybridized carbons (Fsp3) is 0.412. The number of aryl methyl sites for hydroxylation is 2. The van der Waals surface area contributed by atoms with Gasteiger partial charge in [0.05, 0.1) is 0 Å². The number of anilines is 1. The van der Waals surface area contributed by atoms with Gasteiger partial charge in [0.15, 0.2) is 0 Å². The highest BCUT2D eigenvalue weighted by molar-refractivity contribution is 5.34. The first kappa shape index (κ1) is 15.4. The van der Waals surface area contributed by atoms with Crippen LogP contribution in [0.5, 0.6) is 0 Å². The van der Waals surface area contributed by atoms with Gasteiger partial charge in [-0.3, -0.25) is 0 Å². The van der Waals surface area contributed by atoms with Gasteiger partial charge in [0.2, 0.25) is 5.95 Å². The van der Waals surface area contributed by atoms with Gasteiger partial charge in [-0.15, -0.1) is 0 Å². The Balaban J connectivity index is 2.08. The average Bonchev–Trinajstić information content (AvgIpc) is 2.46. The number of hydrogen-bond donors (Lipinski definition) is 1. The Morgan fingerprint density at radius 3 is 2.71 bits per heavy atom. The first-order valence-corrected chi connectivity index (χ1v) is 7.40. The minimum atomic E-state index is 0.772. The van der Waals surface area contributed by atoms with E-state index >= 15 is 0 Å². The molecule has 2 rings (SSSR count). The predicted octanol–water partition coefficient (Wildman–Crippen LogP) is 2.84. The summed E-state index contributed by atoms with van der Waals surface area (Å²) < 4.78 is 0. The first-order chi connectivity index (χ1) is 10.1. The van der Waals surface area contributed by atoms with Crippen LogP contribution >= 0.6 is 0 Å². The first-order valence-electron chi connectivity index (χ1n) is 7.40. The van der Waals surface area contributed by atoms with E-state index in [1.54, 1.807) is 0 Å². The Hall–Kier alpha value is -1.94. The summed E-state index contributed by atoms with van der Waals surface area (Å²) in [5.41, 5.74) is 4.75. The van der Waals surface area contributed by atoms with Crippen LogP contribution in [0.3, 0.4) is 0 Å². The van der Waals surface area contributed by atoms with Gasteiger partial charge in [0, 0.05) is 37.6 Å². The SMILES string of the molecule is CCNCc1cnc(N(C)Cc2cccc(C)c2)nc1C. The van der Waals surface area contributed by atoms with Crippen molar-refractivity contribution in [2.24, 2.45) is 0 Å². The lowest BCUT2D eigenvalue weighted by Gasteiger charge is -2.18. The summed E-state index contributed by atoms with van der Waals surface area (Å²) in [7, 11) is 2.03. The Bertz CT molecular complexity index is 595. The third kappa shape index (κ3) is 4.26. The van der Waals surface area contributed by atoms with E-state index in [9.17, 15) is 0 Å². The van der Waals surface area contributed by atoms with Gasteiger partial charge in [-0.1, -0.05) is 36.8 Å². The molecule has 0 radical (unpaired) electrons. The minimum absolute atomic E-state index is 0.772. The number of nitrogens with one attached hydrogen (secondary N) is 1. The molecule has 1 N–H and O–H groups in total. The maximum Gasteiger partial charge on any atom is 0.225 e. The maximum absolute atomic E-state index is 4.62. The molecular weight excluding hydrogens is 260 g/mol. The molecule has 1 heterocycles. The van der Waals surface area contributed by atoms with Gasteiger partial charge in [-0.2, -0.15) is 0 Å². The topological polar surface area (TPSA) is 41.1 Å². The molecule has 0 fully saturated rings. The number of nitrogens with zero attached hydrogens (tertiary/aromatic N) is 3. The molecule has 0 saturated heterocycles. The van der Waals surface area contributed by atoms with E-state index in [1.807, 2.05) is 20.2 Å². The fourth-order valence-electron chi connectivity index (χ4n) is 2.25. The molecule has 1 aromatic heterocycles. The van der Waals surface area contributed by atoms with Crippen LogP contribution in [0.25, 0.3) is 0 Å². The summed E-state index contributed by atoms with van der Waals surface area (Å²) in [5.74, 6) is 0.772. The number of benzene rings is 1. The zero-order valence-corrected chi connectivity index (χ0v) is 13.3. The molecule has 0 atom stereocenters. The largest absolute Gasteiger partial charge is 0.340 e. The predicted molar refractivity (Wildman–Crippen MR) is 87.4 cm³/mol. The van der Waals surface area contributed by atoms with Crippen molar-refractivity contribution in [3.63, 3.8) is 0 Å². The second-order valence-electron chi connectivity index (χ2n) is 5.41. The smallest absolute Gasteiger partial charge is 0.225 e.